The number of anilines is 1. The Bertz CT molecular complexity index is 721. The molecule has 0 saturated carbocycles. The highest BCUT2D eigenvalue weighted by atomic mass is 35.5. The summed E-state index contributed by atoms with van der Waals surface area (Å²) in [5, 5.41) is 13.7. The first-order valence-corrected chi connectivity index (χ1v) is 7.08. The van der Waals surface area contributed by atoms with E-state index in [1.807, 2.05) is 6.92 Å². The van der Waals surface area contributed by atoms with E-state index >= 15 is 0 Å². The van der Waals surface area contributed by atoms with Gasteiger partial charge in [-0.1, -0.05) is 16.8 Å². The van der Waals surface area contributed by atoms with Gasteiger partial charge >= 0.3 is 0 Å². The molecular formula is C14H14ClN5O. The van der Waals surface area contributed by atoms with Crippen LogP contribution in [0.5, 0.6) is 0 Å². The summed E-state index contributed by atoms with van der Waals surface area (Å²) in [6.45, 7) is 5.15. The molecule has 21 heavy (non-hydrogen) atoms. The second kappa shape index (κ2) is 5.34. The SMILES string of the molecule is Cc1noc([C@H]2CCN(c3ncc(Cl)c(C)c3C#N)C2)n1. The fraction of sp³-hybridized carbons (Fsp3) is 0.429. The van der Waals surface area contributed by atoms with E-state index in [2.05, 4.69) is 26.1 Å². The van der Waals surface area contributed by atoms with Crippen molar-refractivity contribution in [1.82, 2.24) is 15.1 Å². The Labute approximate surface area is 127 Å². The summed E-state index contributed by atoms with van der Waals surface area (Å²) in [5.41, 5.74) is 1.30. The van der Waals surface area contributed by atoms with Crippen LogP contribution >= 0.6 is 11.6 Å². The van der Waals surface area contributed by atoms with Crippen molar-refractivity contribution in [2.75, 3.05) is 18.0 Å². The summed E-state index contributed by atoms with van der Waals surface area (Å²) in [5.74, 6) is 2.15. The number of hydrogen-bond donors (Lipinski definition) is 0. The van der Waals surface area contributed by atoms with Crippen molar-refractivity contribution < 1.29 is 4.52 Å². The minimum absolute atomic E-state index is 0.176. The minimum atomic E-state index is 0.176. The predicted octanol–water partition coefficient (Wildman–Crippen LogP) is 2.60. The Morgan fingerprint density at radius 1 is 1.48 bits per heavy atom. The van der Waals surface area contributed by atoms with Gasteiger partial charge in [-0.05, 0) is 25.8 Å². The lowest BCUT2D eigenvalue weighted by atomic mass is 10.1. The first-order valence-electron chi connectivity index (χ1n) is 6.70. The molecule has 0 spiro atoms. The van der Waals surface area contributed by atoms with Crippen molar-refractivity contribution in [2.45, 2.75) is 26.2 Å². The number of aromatic nitrogens is 3. The van der Waals surface area contributed by atoms with Crippen molar-refractivity contribution in [1.29, 1.82) is 5.26 Å². The number of pyridine rings is 1. The highest BCUT2D eigenvalue weighted by Gasteiger charge is 2.30. The van der Waals surface area contributed by atoms with Crippen molar-refractivity contribution in [3.63, 3.8) is 0 Å². The molecule has 1 aliphatic rings. The molecule has 0 bridgehead atoms. The van der Waals surface area contributed by atoms with Gasteiger partial charge in [-0.3, -0.25) is 0 Å². The zero-order valence-electron chi connectivity index (χ0n) is 11.8. The van der Waals surface area contributed by atoms with E-state index in [1.54, 1.807) is 13.1 Å². The third-order valence-electron chi connectivity index (χ3n) is 3.75. The van der Waals surface area contributed by atoms with Crippen LogP contribution < -0.4 is 4.90 Å². The molecule has 7 heteroatoms. The first-order chi connectivity index (χ1) is 10.1. The first kappa shape index (κ1) is 13.8. The van der Waals surface area contributed by atoms with E-state index in [0.717, 1.165) is 18.5 Å². The summed E-state index contributed by atoms with van der Waals surface area (Å²) in [4.78, 5) is 10.7. The third kappa shape index (κ3) is 2.45. The van der Waals surface area contributed by atoms with Gasteiger partial charge in [0.1, 0.15) is 11.9 Å². The van der Waals surface area contributed by atoms with Gasteiger partial charge in [0.2, 0.25) is 5.89 Å². The number of nitrogens with zero attached hydrogens (tertiary/aromatic N) is 5. The van der Waals surface area contributed by atoms with Crippen LogP contribution in [0.4, 0.5) is 5.82 Å². The van der Waals surface area contributed by atoms with E-state index in [4.69, 9.17) is 16.1 Å². The van der Waals surface area contributed by atoms with Crippen LogP contribution in [0, 0.1) is 25.2 Å². The molecule has 0 unspecified atom stereocenters. The second-order valence-electron chi connectivity index (χ2n) is 5.15. The summed E-state index contributed by atoms with van der Waals surface area (Å²) in [6.07, 6.45) is 2.49. The maximum atomic E-state index is 9.35. The molecule has 0 aliphatic carbocycles. The molecule has 3 heterocycles. The molecule has 108 valence electrons. The van der Waals surface area contributed by atoms with Crippen LogP contribution in [0.25, 0.3) is 0 Å². The molecule has 1 saturated heterocycles. The molecule has 3 rings (SSSR count). The maximum absolute atomic E-state index is 9.35. The summed E-state index contributed by atoms with van der Waals surface area (Å²) in [6, 6.07) is 2.20. The van der Waals surface area contributed by atoms with E-state index in [9.17, 15) is 5.26 Å². The highest BCUT2D eigenvalue weighted by molar-refractivity contribution is 6.31. The van der Waals surface area contributed by atoms with Crippen molar-refractivity contribution in [3.05, 3.63) is 34.1 Å². The second-order valence-corrected chi connectivity index (χ2v) is 5.56. The van der Waals surface area contributed by atoms with E-state index in [1.165, 1.54) is 0 Å². The Morgan fingerprint density at radius 3 is 2.95 bits per heavy atom. The molecule has 0 amide bonds. The van der Waals surface area contributed by atoms with Crippen LogP contribution in [0.2, 0.25) is 5.02 Å². The normalized spacial score (nSPS) is 18.0. The lowest BCUT2D eigenvalue weighted by molar-refractivity contribution is 0.356. The molecule has 2 aromatic heterocycles. The number of rotatable bonds is 2. The minimum Gasteiger partial charge on any atom is -0.355 e. The van der Waals surface area contributed by atoms with Gasteiger partial charge in [-0.2, -0.15) is 10.2 Å². The van der Waals surface area contributed by atoms with E-state index < -0.39 is 0 Å². The highest BCUT2D eigenvalue weighted by Crippen LogP contribution is 2.32. The Kier molecular flexibility index (Phi) is 3.52. The number of halogens is 1. The van der Waals surface area contributed by atoms with Gasteiger partial charge in [0, 0.05) is 19.3 Å². The Hall–Kier alpha value is -2.13. The van der Waals surface area contributed by atoms with Crippen LogP contribution in [-0.4, -0.2) is 28.2 Å². The van der Waals surface area contributed by atoms with Crippen molar-refractivity contribution >= 4 is 17.4 Å². The zero-order chi connectivity index (χ0) is 15.0. The molecule has 0 N–H and O–H groups in total. The Morgan fingerprint density at radius 2 is 2.29 bits per heavy atom. The van der Waals surface area contributed by atoms with Crippen LogP contribution in [-0.2, 0) is 0 Å². The lowest BCUT2D eigenvalue weighted by Gasteiger charge is -2.19. The average molecular weight is 304 g/mol. The van der Waals surface area contributed by atoms with E-state index in [0.29, 0.717) is 34.7 Å². The van der Waals surface area contributed by atoms with Crippen molar-refractivity contribution in [2.24, 2.45) is 0 Å². The predicted molar refractivity (Wildman–Crippen MR) is 77.3 cm³/mol. The molecular weight excluding hydrogens is 290 g/mol. The summed E-state index contributed by atoms with van der Waals surface area (Å²) < 4.78 is 5.24. The topological polar surface area (TPSA) is 78.8 Å². The molecule has 2 aromatic rings. The smallest absolute Gasteiger partial charge is 0.231 e. The van der Waals surface area contributed by atoms with E-state index in [-0.39, 0.29) is 5.92 Å². The van der Waals surface area contributed by atoms with Gasteiger partial charge in [0.05, 0.1) is 16.5 Å². The quantitative estimate of drug-likeness (QED) is 0.848. The summed E-state index contributed by atoms with van der Waals surface area (Å²) >= 11 is 6.03. The van der Waals surface area contributed by atoms with Gasteiger partial charge in [-0.15, -0.1) is 0 Å². The maximum Gasteiger partial charge on any atom is 0.231 e. The van der Waals surface area contributed by atoms with Gasteiger partial charge in [0.25, 0.3) is 0 Å². The molecule has 1 aliphatic heterocycles. The van der Waals surface area contributed by atoms with Crippen molar-refractivity contribution in [3.8, 4) is 6.07 Å². The lowest BCUT2D eigenvalue weighted by Crippen LogP contribution is -2.22. The molecule has 6 nitrogen and oxygen atoms in total. The summed E-state index contributed by atoms with van der Waals surface area (Å²) in [7, 11) is 0. The monoisotopic (exact) mass is 303 g/mol. The molecule has 0 radical (unpaired) electrons. The fourth-order valence-corrected chi connectivity index (χ4v) is 2.72. The molecule has 1 fully saturated rings. The van der Waals surface area contributed by atoms with Gasteiger partial charge in [-0.25, -0.2) is 4.98 Å². The zero-order valence-corrected chi connectivity index (χ0v) is 12.6. The average Bonchev–Trinajstić information content (AvgIpc) is 3.10. The number of hydrogen-bond acceptors (Lipinski definition) is 6. The number of nitriles is 1. The standard InChI is InChI=1S/C14H14ClN5O/c1-8-11(5-16)13(17-6-12(8)15)20-4-3-10(7-20)14-18-9(2)19-21-14/h6,10H,3-4,7H2,1-2H3/t10-/m0/s1. The van der Waals surface area contributed by atoms with Gasteiger partial charge in [0.15, 0.2) is 5.82 Å². The van der Waals surface area contributed by atoms with Crippen LogP contribution in [0.15, 0.2) is 10.7 Å². The third-order valence-corrected chi connectivity index (χ3v) is 4.13. The number of aryl methyl sites for hydroxylation is 1. The van der Waals surface area contributed by atoms with Gasteiger partial charge < -0.3 is 9.42 Å². The van der Waals surface area contributed by atoms with Crippen LogP contribution in [0.1, 0.15) is 35.2 Å². The largest absolute Gasteiger partial charge is 0.355 e. The Balaban J connectivity index is 1.87. The fourth-order valence-electron chi connectivity index (χ4n) is 2.57. The molecule has 0 aromatic carbocycles. The molecule has 1 atom stereocenters. The van der Waals surface area contributed by atoms with Crippen LogP contribution in [0.3, 0.4) is 0 Å².